The summed E-state index contributed by atoms with van der Waals surface area (Å²) in [7, 11) is 0. The van der Waals surface area contributed by atoms with E-state index in [1.807, 2.05) is 0 Å². The van der Waals surface area contributed by atoms with E-state index < -0.39 is 11.6 Å². The highest BCUT2D eigenvalue weighted by molar-refractivity contribution is 5.95. The molecule has 0 radical (unpaired) electrons. The highest BCUT2D eigenvalue weighted by atomic mass is 16.4. The molecule has 0 bridgehead atoms. The number of nitrogens with one attached hydrogen (secondary N) is 1. The Balaban J connectivity index is 2.24. The minimum Gasteiger partial charge on any atom is -0.475 e. The summed E-state index contributed by atoms with van der Waals surface area (Å²) >= 11 is 0. The summed E-state index contributed by atoms with van der Waals surface area (Å²) in [6, 6.07) is 7.06. The molecule has 6 nitrogen and oxygen atoms in total. The quantitative estimate of drug-likeness (QED) is 0.628. The van der Waals surface area contributed by atoms with Gasteiger partial charge < -0.3 is 25.1 Å². The molecular formula is C14H17NO5. The number of aromatic carboxylic acids is 1. The zero-order valence-electron chi connectivity index (χ0n) is 11.1. The van der Waals surface area contributed by atoms with E-state index in [0.717, 1.165) is 5.39 Å². The maximum atomic E-state index is 11.2. The molecule has 0 aliphatic rings. The molecule has 0 saturated carbocycles. The Morgan fingerprint density at radius 2 is 2.10 bits per heavy atom. The molecule has 0 spiro atoms. The van der Waals surface area contributed by atoms with Gasteiger partial charge in [-0.1, -0.05) is 18.2 Å². The van der Waals surface area contributed by atoms with Gasteiger partial charge in [0.1, 0.15) is 5.58 Å². The van der Waals surface area contributed by atoms with Crippen LogP contribution in [0.1, 0.15) is 23.0 Å². The van der Waals surface area contributed by atoms with Gasteiger partial charge in [0.05, 0.1) is 12.2 Å². The first-order chi connectivity index (χ1) is 9.44. The molecule has 1 aromatic carbocycles. The van der Waals surface area contributed by atoms with Gasteiger partial charge in [0.2, 0.25) is 5.76 Å². The molecule has 2 rings (SSSR count). The second-order valence-electron chi connectivity index (χ2n) is 4.97. The molecule has 0 saturated heterocycles. The van der Waals surface area contributed by atoms with Crippen LogP contribution in [-0.2, 0) is 6.54 Å². The van der Waals surface area contributed by atoms with Crippen molar-refractivity contribution >= 4 is 16.9 Å². The molecule has 1 atom stereocenters. The molecule has 2 aromatic rings. The first-order valence-electron chi connectivity index (χ1n) is 6.22. The summed E-state index contributed by atoms with van der Waals surface area (Å²) in [4.78, 5) is 11.2. The number of hydrogen-bond donors (Lipinski definition) is 4. The Hall–Kier alpha value is -1.89. The molecule has 4 N–H and O–H groups in total. The maximum absolute atomic E-state index is 11.2. The smallest absolute Gasteiger partial charge is 0.372 e. The molecule has 20 heavy (non-hydrogen) atoms. The summed E-state index contributed by atoms with van der Waals surface area (Å²) < 4.78 is 5.32. The largest absolute Gasteiger partial charge is 0.475 e. The average Bonchev–Trinajstić information content (AvgIpc) is 2.78. The summed E-state index contributed by atoms with van der Waals surface area (Å²) in [5.74, 6) is -1.24. The summed E-state index contributed by atoms with van der Waals surface area (Å²) in [6.07, 6.45) is 0. The second kappa shape index (κ2) is 5.62. The zero-order chi connectivity index (χ0) is 14.8. The molecule has 1 aromatic heterocycles. The molecule has 1 heterocycles. The normalized spacial score (nSPS) is 14.3. The molecular weight excluding hydrogens is 262 g/mol. The van der Waals surface area contributed by atoms with E-state index in [2.05, 4.69) is 5.32 Å². The molecule has 0 fully saturated rings. The van der Waals surface area contributed by atoms with E-state index in [-0.39, 0.29) is 25.5 Å². The number of hydrogen-bond acceptors (Lipinski definition) is 5. The van der Waals surface area contributed by atoms with Crippen LogP contribution in [0.5, 0.6) is 0 Å². The first-order valence-corrected chi connectivity index (χ1v) is 6.22. The number of furan rings is 1. The van der Waals surface area contributed by atoms with Crippen LogP contribution in [0.3, 0.4) is 0 Å². The van der Waals surface area contributed by atoms with E-state index in [0.29, 0.717) is 11.1 Å². The van der Waals surface area contributed by atoms with Crippen molar-refractivity contribution < 1.29 is 24.5 Å². The number of benzene rings is 1. The van der Waals surface area contributed by atoms with Gasteiger partial charge in [-0.05, 0) is 13.0 Å². The van der Waals surface area contributed by atoms with Gasteiger partial charge in [-0.2, -0.15) is 0 Å². The number of carboxylic acid groups (broad SMARTS) is 1. The van der Waals surface area contributed by atoms with Crippen LogP contribution in [0, 0.1) is 0 Å². The zero-order valence-corrected chi connectivity index (χ0v) is 11.1. The number of carboxylic acids is 1. The van der Waals surface area contributed by atoms with Crippen molar-refractivity contribution in [3.63, 3.8) is 0 Å². The minimum absolute atomic E-state index is 0.109. The monoisotopic (exact) mass is 279 g/mol. The van der Waals surface area contributed by atoms with Gasteiger partial charge in [0.25, 0.3) is 0 Å². The Kier molecular flexibility index (Phi) is 4.08. The molecule has 6 heteroatoms. The van der Waals surface area contributed by atoms with Crippen LogP contribution in [0.4, 0.5) is 0 Å². The molecule has 0 aliphatic heterocycles. The van der Waals surface area contributed by atoms with Crippen LogP contribution in [0.2, 0.25) is 0 Å². The molecule has 108 valence electrons. The molecule has 0 aliphatic carbocycles. The Bertz CT molecular complexity index is 617. The number of carbonyl (C=O) groups is 1. The Labute approximate surface area is 115 Å². The fraction of sp³-hybridized carbons (Fsp3) is 0.357. The summed E-state index contributed by atoms with van der Waals surface area (Å²) in [5, 5.41) is 31.5. The number of aliphatic hydroxyl groups is 2. The summed E-state index contributed by atoms with van der Waals surface area (Å²) in [6.45, 7) is 1.49. The maximum Gasteiger partial charge on any atom is 0.372 e. The van der Waals surface area contributed by atoms with Crippen molar-refractivity contribution in [3.8, 4) is 0 Å². The Morgan fingerprint density at radius 1 is 1.40 bits per heavy atom. The summed E-state index contributed by atoms with van der Waals surface area (Å²) in [5.41, 5.74) is -0.208. The van der Waals surface area contributed by atoms with Crippen molar-refractivity contribution in [2.24, 2.45) is 0 Å². The van der Waals surface area contributed by atoms with Gasteiger partial charge in [0, 0.05) is 24.0 Å². The second-order valence-corrected chi connectivity index (χ2v) is 4.97. The highest BCUT2D eigenvalue weighted by Crippen LogP contribution is 2.25. The SMILES string of the molecule is CC(O)(CO)CNCc1c(C(=O)O)oc2ccccc12. The first kappa shape index (κ1) is 14.5. The predicted molar refractivity (Wildman–Crippen MR) is 72.6 cm³/mol. The fourth-order valence-corrected chi connectivity index (χ4v) is 1.96. The number of para-hydroxylation sites is 1. The predicted octanol–water partition coefficient (Wildman–Crippen LogP) is 0.964. The van der Waals surface area contributed by atoms with Crippen LogP contribution < -0.4 is 5.32 Å². The lowest BCUT2D eigenvalue weighted by molar-refractivity contribution is 0.00253. The van der Waals surface area contributed by atoms with E-state index >= 15 is 0 Å². The van der Waals surface area contributed by atoms with Gasteiger partial charge >= 0.3 is 5.97 Å². The van der Waals surface area contributed by atoms with Crippen molar-refractivity contribution in [2.45, 2.75) is 19.1 Å². The number of rotatable bonds is 6. The standard InChI is InChI=1S/C14H17NO5/c1-14(19,8-16)7-15-6-10-9-4-2-3-5-11(9)20-12(10)13(17)18/h2-5,15-16,19H,6-8H2,1H3,(H,17,18). The van der Waals surface area contributed by atoms with Crippen molar-refractivity contribution in [2.75, 3.05) is 13.2 Å². The fourth-order valence-electron chi connectivity index (χ4n) is 1.96. The average molecular weight is 279 g/mol. The van der Waals surface area contributed by atoms with Crippen LogP contribution in [0.15, 0.2) is 28.7 Å². The van der Waals surface area contributed by atoms with Crippen LogP contribution in [0.25, 0.3) is 11.0 Å². The van der Waals surface area contributed by atoms with E-state index in [1.54, 1.807) is 24.3 Å². The van der Waals surface area contributed by atoms with Crippen molar-refractivity contribution in [3.05, 3.63) is 35.6 Å². The van der Waals surface area contributed by atoms with E-state index in [9.17, 15) is 9.90 Å². The minimum atomic E-state index is -1.25. The lowest BCUT2D eigenvalue weighted by Gasteiger charge is -2.20. The number of aliphatic hydroxyl groups excluding tert-OH is 1. The van der Waals surface area contributed by atoms with Gasteiger partial charge in [-0.25, -0.2) is 4.79 Å². The van der Waals surface area contributed by atoms with E-state index in [4.69, 9.17) is 14.6 Å². The lowest BCUT2D eigenvalue weighted by atomic mass is 10.1. The van der Waals surface area contributed by atoms with Gasteiger partial charge in [-0.3, -0.25) is 0 Å². The third-order valence-electron chi connectivity index (χ3n) is 3.04. The van der Waals surface area contributed by atoms with E-state index in [1.165, 1.54) is 6.92 Å². The lowest BCUT2D eigenvalue weighted by Crippen LogP contribution is -2.40. The van der Waals surface area contributed by atoms with Crippen LogP contribution in [-0.4, -0.2) is 40.0 Å². The van der Waals surface area contributed by atoms with Crippen LogP contribution >= 0.6 is 0 Å². The van der Waals surface area contributed by atoms with Crippen molar-refractivity contribution in [1.29, 1.82) is 0 Å². The van der Waals surface area contributed by atoms with Gasteiger partial charge in [-0.15, -0.1) is 0 Å². The third kappa shape index (κ3) is 2.98. The van der Waals surface area contributed by atoms with Gasteiger partial charge in [0.15, 0.2) is 0 Å². The topological polar surface area (TPSA) is 103 Å². The molecule has 1 unspecified atom stereocenters. The number of fused-ring (bicyclic) bond motifs is 1. The van der Waals surface area contributed by atoms with Crippen molar-refractivity contribution in [1.82, 2.24) is 5.32 Å². The third-order valence-corrected chi connectivity index (χ3v) is 3.04. The highest BCUT2D eigenvalue weighted by Gasteiger charge is 2.22. The molecule has 0 amide bonds. The Morgan fingerprint density at radius 3 is 2.75 bits per heavy atom.